The van der Waals surface area contributed by atoms with E-state index in [1.54, 1.807) is 7.05 Å². The standard InChI is InChI=1S/C13H17BrF3N3/c1-18-12-10(14)11(8-4-2-3-5-8)19-9(20-12)6-7-13(15,16)17/h8H,2-7H2,1H3,(H,18,19,20). The van der Waals surface area contributed by atoms with Gasteiger partial charge in [-0.3, -0.25) is 0 Å². The molecule has 1 saturated carbocycles. The average molecular weight is 352 g/mol. The molecule has 1 aliphatic rings. The van der Waals surface area contributed by atoms with Gasteiger partial charge in [0.05, 0.1) is 16.6 Å². The molecule has 3 nitrogen and oxygen atoms in total. The average Bonchev–Trinajstić information content (AvgIpc) is 2.90. The van der Waals surface area contributed by atoms with Gasteiger partial charge in [0.2, 0.25) is 0 Å². The Hall–Kier alpha value is -0.850. The quantitative estimate of drug-likeness (QED) is 0.871. The van der Waals surface area contributed by atoms with Gasteiger partial charge in [-0.15, -0.1) is 0 Å². The first-order valence-corrected chi connectivity index (χ1v) is 7.51. The molecular formula is C13H17BrF3N3. The predicted molar refractivity (Wildman–Crippen MR) is 74.9 cm³/mol. The van der Waals surface area contributed by atoms with Crippen LogP contribution >= 0.6 is 15.9 Å². The number of anilines is 1. The molecule has 0 aromatic carbocycles. The number of nitrogens with one attached hydrogen (secondary N) is 1. The van der Waals surface area contributed by atoms with E-state index >= 15 is 0 Å². The van der Waals surface area contributed by atoms with Crippen molar-refractivity contribution in [1.82, 2.24) is 9.97 Å². The minimum Gasteiger partial charge on any atom is -0.372 e. The molecule has 0 saturated heterocycles. The number of hydrogen-bond donors (Lipinski definition) is 1. The van der Waals surface area contributed by atoms with Gasteiger partial charge in [-0.2, -0.15) is 13.2 Å². The van der Waals surface area contributed by atoms with Crippen molar-refractivity contribution in [2.75, 3.05) is 12.4 Å². The Morgan fingerprint density at radius 3 is 2.45 bits per heavy atom. The summed E-state index contributed by atoms with van der Waals surface area (Å²) in [6.07, 6.45) is -0.868. The van der Waals surface area contributed by atoms with Crippen LogP contribution in [-0.2, 0) is 6.42 Å². The molecular weight excluding hydrogens is 335 g/mol. The van der Waals surface area contributed by atoms with Crippen LogP contribution in [0.1, 0.15) is 49.5 Å². The van der Waals surface area contributed by atoms with Crippen LogP contribution in [0, 0.1) is 0 Å². The van der Waals surface area contributed by atoms with E-state index in [4.69, 9.17) is 0 Å². The van der Waals surface area contributed by atoms with Crippen molar-refractivity contribution in [3.05, 3.63) is 16.0 Å². The third kappa shape index (κ3) is 3.84. The molecule has 0 unspecified atom stereocenters. The summed E-state index contributed by atoms with van der Waals surface area (Å²) in [5.41, 5.74) is 0.846. The van der Waals surface area contributed by atoms with Gasteiger partial charge in [0.25, 0.3) is 0 Å². The van der Waals surface area contributed by atoms with Gasteiger partial charge in [0.15, 0.2) is 0 Å². The summed E-state index contributed by atoms with van der Waals surface area (Å²) in [6, 6.07) is 0. The summed E-state index contributed by atoms with van der Waals surface area (Å²) in [7, 11) is 1.71. The fourth-order valence-corrected chi connectivity index (χ4v) is 3.21. The smallest absolute Gasteiger partial charge is 0.372 e. The van der Waals surface area contributed by atoms with Crippen LogP contribution in [0.3, 0.4) is 0 Å². The molecule has 2 rings (SSSR count). The second kappa shape index (κ2) is 6.28. The lowest BCUT2D eigenvalue weighted by Gasteiger charge is -2.15. The van der Waals surface area contributed by atoms with E-state index < -0.39 is 12.6 Å². The first kappa shape index (κ1) is 15.5. The Morgan fingerprint density at radius 2 is 1.90 bits per heavy atom. The van der Waals surface area contributed by atoms with Crippen LogP contribution in [0.2, 0.25) is 0 Å². The SMILES string of the molecule is CNc1nc(CCC(F)(F)F)nc(C2CCCC2)c1Br. The number of rotatable bonds is 4. The molecule has 0 spiro atoms. The van der Waals surface area contributed by atoms with E-state index in [0.29, 0.717) is 11.7 Å². The van der Waals surface area contributed by atoms with Gasteiger partial charge in [0.1, 0.15) is 11.6 Å². The van der Waals surface area contributed by atoms with Crippen molar-refractivity contribution < 1.29 is 13.2 Å². The minimum atomic E-state index is -4.18. The summed E-state index contributed by atoms with van der Waals surface area (Å²) in [5.74, 6) is 1.15. The van der Waals surface area contributed by atoms with Crippen LogP contribution in [-0.4, -0.2) is 23.2 Å². The molecule has 1 aliphatic carbocycles. The summed E-state index contributed by atoms with van der Waals surface area (Å²) in [6.45, 7) is 0. The van der Waals surface area contributed by atoms with Crippen molar-refractivity contribution in [1.29, 1.82) is 0 Å². The number of nitrogens with zero attached hydrogens (tertiary/aromatic N) is 2. The van der Waals surface area contributed by atoms with Gasteiger partial charge >= 0.3 is 6.18 Å². The molecule has 7 heteroatoms. The third-order valence-electron chi connectivity index (χ3n) is 3.53. The highest BCUT2D eigenvalue weighted by Crippen LogP contribution is 2.38. The molecule has 20 heavy (non-hydrogen) atoms. The third-order valence-corrected chi connectivity index (χ3v) is 4.32. The number of alkyl halides is 3. The summed E-state index contributed by atoms with van der Waals surface area (Å²) < 4.78 is 37.8. The lowest BCUT2D eigenvalue weighted by molar-refractivity contribution is -0.134. The molecule has 0 atom stereocenters. The molecule has 112 valence electrons. The highest BCUT2D eigenvalue weighted by molar-refractivity contribution is 9.10. The summed E-state index contributed by atoms with van der Waals surface area (Å²) in [4.78, 5) is 8.52. The van der Waals surface area contributed by atoms with E-state index in [-0.39, 0.29) is 12.2 Å². The largest absolute Gasteiger partial charge is 0.389 e. The van der Waals surface area contributed by atoms with Gasteiger partial charge < -0.3 is 5.32 Å². The Morgan fingerprint density at radius 1 is 1.25 bits per heavy atom. The van der Waals surface area contributed by atoms with Crippen LogP contribution in [0.15, 0.2) is 4.47 Å². The molecule has 0 amide bonds. The number of aryl methyl sites for hydroxylation is 1. The Kier molecular flexibility index (Phi) is 4.88. The van der Waals surface area contributed by atoms with Crippen LogP contribution in [0.25, 0.3) is 0 Å². The molecule has 0 aliphatic heterocycles. The maximum atomic E-state index is 12.3. The second-order valence-corrected chi connectivity index (χ2v) is 5.83. The molecule has 1 N–H and O–H groups in total. The maximum absolute atomic E-state index is 12.3. The molecule has 0 bridgehead atoms. The molecule has 1 aromatic rings. The van der Waals surface area contributed by atoms with Crippen molar-refractivity contribution in [3.63, 3.8) is 0 Å². The Labute approximate surface area is 124 Å². The number of hydrogen-bond acceptors (Lipinski definition) is 3. The van der Waals surface area contributed by atoms with Gasteiger partial charge in [0, 0.05) is 19.4 Å². The topological polar surface area (TPSA) is 37.8 Å². The van der Waals surface area contributed by atoms with Crippen LogP contribution in [0.4, 0.5) is 19.0 Å². The first-order valence-electron chi connectivity index (χ1n) is 6.71. The number of halogens is 4. The van der Waals surface area contributed by atoms with Crippen LogP contribution < -0.4 is 5.32 Å². The van der Waals surface area contributed by atoms with Crippen molar-refractivity contribution in [2.24, 2.45) is 0 Å². The summed E-state index contributed by atoms with van der Waals surface area (Å²) >= 11 is 3.47. The van der Waals surface area contributed by atoms with Crippen LogP contribution in [0.5, 0.6) is 0 Å². The predicted octanol–water partition coefficient (Wildman–Crippen LogP) is 4.43. The van der Waals surface area contributed by atoms with Crippen molar-refractivity contribution >= 4 is 21.7 Å². The molecule has 1 heterocycles. The van der Waals surface area contributed by atoms with E-state index in [2.05, 4.69) is 31.2 Å². The van der Waals surface area contributed by atoms with Crippen molar-refractivity contribution in [3.8, 4) is 0 Å². The fraction of sp³-hybridized carbons (Fsp3) is 0.692. The Bertz CT molecular complexity index is 471. The zero-order valence-corrected chi connectivity index (χ0v) is 12.8. The Balaban J connectivity index is 2.26. The molecule has 1 aromatic heterocycles. The van der Waals surface area contributed by atoms with Gasteiger partial charge in [-0.25, -0.2) is 9.97 Å². The lowest BCUT2D eigenvalue weighted by atomic mass is 10.0. The molecule has 0 radical (unpaired) electrons. The summed E-state index contributed by atoms with van der Waals surface area (Å²) in [5, 5.41) is 2.92. The monoisotopic (exact) mass is 351 g/mol. The zero-order chi connectivity index (χ0) is 14.8. The van der Waals surface area contributed by atoms with E-state index in [9.17, 15) is 13.2 Å². The first-order chi connectivity index (χ1) is 9.40. The lowest BCUT2D eigenvalue weighted by Crippen LogP contribution is -2.13. The number of aromatic nitrogens is 2. The van der Waals surface area contributed by atoms with Gasteiger partial charge in [-0.1, -0.05) is 12.8 Å². The second-order valence-electron chi connectivity index (χ2n) is 5.03. The van der Waals surface area contributed by atoms with E-state index in [1.165, 1.54) is 0 Å². The van der Waals surface area contributed by atoms with Gasteiger partial charge in [-0.05, 0) is 28.8 Å². The molecule has 1 fully saturated rings. The van der Waals surface area contributed by atoms with Crippen molar-refractivity contribution in [2.45, 2.75) is 50.6 Å². The fourth-order valence-electron chi connectivity index (χ4n) is 2.51. The highest BCUT2D eigenvalue weighted by atomic mass is 79.9. The highest BCUT2D eigenvalue weighted by Gasteiger charge is 2.28. The zero-order valence-electron chi connectivity index (χ0n) is 11.2. The maximum Gasteiger partial charge on any atom is 0.389 e. The minimum absolute atomic E-state index is 0.175. The normalized spacial score (nSPS) is 16.6. The van der Waals surface area contributed by atoms with E-state index in [0.717, 1.165) is 35.8 Å². The van der Waals surface area contributed by atoms with E-state index in [1.807, 2.05) is 0 Å².